The minimum absolute atomic E-state index is 0.132. The first-order valence-corrected chi connectivity index (χ1v) is 5.37. The molecule has 7 nitrogen and oxygen atoms in total. The average Bonchev–Trinajstić information content (AvgIpc) is 3.01. The summed E-state index contributed by atoms with van der Waals surface area (Å²) in [4.78, 5) is 11.3. The predicted octanol–water partition coefficient (Wildman–Crippen LogP) is 0.0749. The first kappa shape index (κ1) is 10.4. The Labute approximate surface area is 97.4 Å². The Hall–Kier alpha value is -1.73. The van der Waals surface area contributed by atoms with Crippen molar-refractivity contribution in [1.82, 2.24) is 20.1 Å². The first-order chi connectivity index (χ1) is 8.20. The van der Waals surface area contributed by atoms with Gasteiger partial charge in [-0.1, -0.05) is 5.16 Å². The molecule has 1 fully saturated rings. The highest BCUT2D eigenvalue weighted by Crippen LogP contribution is 2.31. The number of rotatable bonds is 2. The van der Waals surface area contributed by atoms with E-state index in [9.17, 15) is 0 Å². The van der Waals surface area contributed by atoms with E-state index in [-0.39, 0.29) is 6.04 Å². The molecule has 3 heterocycles. The van der Waals surface area contributed by atoms with Crippen LogP contribution in [0.3, 0.4) is 0 Å². The summed E-state index contributed by atoms with van der Waals surface area (Å²) < 4.78 is 10.6. The fourth-order valence-electron chi connectivity index (χ4n) is 1.85. The molecule has 1 saturated heterocycles. The Morgan fingerprint density at radius 3 is 3.12 bits per heavy atom. The van der Waals surface area contributed by atoms with E-state index in [0.29, 0.717) is 30.8 Å². The number of hydrogen-bond acceptors (Lipinski definition) is 6. The van der Waals surface area contributed by atoms with Gasteiger partial charge in [-0.05, 0) is 6.92 Å². The summed E-state index contributed by atoms with van der Waals surface area (Å²) in [6.07, 6.45) is 3.34. The van der Waals surface area contributed by atoms with Crippen molar-refractivity contribution in [1.29, 1.82) is 0 Å². The van der Waals surface area contributed by atoms with Crippen LogP contribution in [-0.2, 0) is 10.2 Å². The molecule has 1 aliphatic rings. The van der Waals surface area contributed by atoms with E-state index in [1.807, 2.05) is 6.92 Å². The molecular weight excluding hydrogens is 222 g/mol. The van der Waals surface area contributed by atoms with Crippen LogP contribution in [0.15, 0.2) is 16.9 Å². The Morgan fingerprint density at radius 2 is 2.47 bits per heavy atom. The van der Waals surface area contributed by atoms with Crippen molar-refractivity contribution < 1.29 is 9.26 Å². The quantitative estimate of drug-likeness (QED) is 0.763. The smallest absolute Gasteiger partial charge is 0.238 e. The second-order valence-electron chi connectivity index (χ2n) is 4.40. The van der Waals surface area contributed by atoms with Crippen LogP contribution in [-0.4, -0.2) is 39.4 Å². The maximum Gasteiger partial charge on any atom is 0.238 e. The van der Waals surface area contributed by atoms with Gasteiger partial charge in [-0.2, -0.15) is 4.98 Å². The fraction of sp³-hybridized carbons (Fsp3) is 0.500. The molecule has 17 heavy (non-hydrogen) atoms. The standard InChI is InChI=1S/C10H13N5O2/c1-10(5-16-4-6(10)11)9-14-8(15-17-9)7-12-2-3-13-7/h2-3,6H,4-5,11H2,1H3,(H,12,13). The SMILES string of the molecule is CC1(c2nc(-c3ncc[nH]3)no2)COCC1N. The van der Waals surface area contributed by atoms with Crippen LogP contribution in [0.25, 0.3) is 11.6 Å². The van der Waals surface area contributed by atoms with Crippen molar-refractivity contribution in [2.45, 2.75) is 18.4 Å². The van der Waals surface area contributed by atoms with Gasteiger partial charge in [-0.3, -0.25) is 0 Å². The van der Waals surface area contributed by atoms with E-state index >= 15 is 0 Å². The van der Waals surface area contributed by atoms with Crippen molar-refractivity contribution in [3.63, 3.8) is 0 Å². The normalized spacial score (nSPS) is 28.7. The van der Waals surface area contributed by atoms with Gasteiger partial charge in [0.05, 0.1) is 18.6 Å². The van der Waals surface area contributed by atoms with Crippen molar-refractivity contribution >= 4 is 0 Å². The third kappa shape index (κ3) is 1.55. The minimum atomic E-state index is -0.419. The maximum atomic E-state index is 6.00. The highest BCUT2D eigenvalue weighted by Gasteiger charge is 2.44. The van der Waals surface area contributed by atoms with E-state index in [1.165, 1.54) is 0 Å². The van der Waals surface area contributed by atoms with Crippen molar-refractivity contribution in [2.24, 2.45) is 5.73 Å². The molecule has 2 aromatic rings. The molecule has 7 heteroatoms. The molecule has 0 aromatic carbocycles. The van der Waals surface area contributed by atoms with Gasteiger partial charge in [0, 0.05) is 18.4 Å². The molecule has 2 aromatic heterocycles. The van der Waals surface area contributed by atoms with Crippen LogP contribution in [0.2, 0.25) is 0 Å². The highest BCUT2D eigenvalue weighted by molar-refractivity contribution is 5.41. The zero-order valence-corrected chi connectivity index (χ0v) is 9.38. The molecule has 0 saturated carbocycles. The lowest BCUT2D eigenvalue weighted by atomic mass is 9.86. The number of H-pyrrole nitrogens is 1. The Balaban J connectivity index is 1.95. The fourth-order valence-corrected chi connectivity index (χ4v) is 1.85. The zero-order chi connectivity index (χ0) is 11.9. The Bertz CT molecular complexity index is 509. The molecule has 0 bridgehead atoms. The number of imidazole rings is 1. The summed E-state index contributed by atoms with van der Waals surface area (Å²) in [6.45, 7) is 2.97. The summed E-state index contributed by atoms with van der Waals surface area (Å²) >= 11 is 0. The van der Waals surface area contributed by atoms with Gasteiger partial charge in [0.25, 0.3) is 0 Å². The van der Waals surface area contributed by atoms with Gasteiger partial charge < -0.3 is 20.0 Å². The molecule has 0 amide bonds. The van der Waals surface area contributed by atoms with Crippen LogP contribution >= 0.6 is 0 Å². The first-order valence-electron chi connectivity index (χ1n) is 5.37. The number of aromatic nitrogens is 4. The second kappa shape index (κ2) is 3.64. The van der Waals surface area contributed by atoms with Crippen molar-refractivity contribution in [3.05, 3.63) is 18.3 Å². The van der Waals surface area contributed by atoms with Crippen molar-refractivity contribution in [3.8, 4) is 11.6 Å². The van der Waals surface area contributed by atoms with Crippen LogP contribution in [0.1, 0.15) is 12.8 Å². The molecule has 1 aliphatic heterocycles. The Morgan fingerprint density at radius 1 is 1.59 bits per heavy atom. The van der Waals surface area contributed by atoms with Gasteiger partial charge >= 0.3 is 0 Å². The van der Waals surface area contributed by atoms with E-state index in [0.717, 1.165) is 0 Å². The highest BCUT2D eigenvalue weighted by atomic mass is 16.5. The third-order valence-electron chi connectivity index (χ3n) is 3.14. The second-order valence-corrected chi connectivity index (χ2v) is 4.40. The number of nitrogens with zero attached hydrogens (tertiary/aromatic N) is 3. The minimum Gasteiger partial charge on any atom is -0.379 e. The summed E-state index contributed by atoms with van der Waals surface area (Å²) in [6, 6.07) is -0.132. The summed E-state index contributed by atoms with van der Waals surface area (Å²) in [5, 5.41) is 3.89. The summed E-state index contributed by atoms with van der Waals surface area (Å²) in [7, 11) is 0. The number of hydrogen-bond donors (Lipinski definition) is 2. The molecule has 0 spiro atoms. The van der Waals surface area contributed by atoms with E-state index in [1.54, 1.807) is 12.4 Å². The predicted molar refractivity (Wildman–Crippen MR) is 58.0 cm³/mol. The van der Waals surface area contributed by atoms with Gasteiger partial charge in [0.1, 0.15) is 0 Å². The topological polar surface area (TPSA) is 103 Å². The molecule has 0 aliphatic carbocycles. The summed E-state index contributed by atoms with van der Waals surface area (Å²) in [5.41, 5.74) is 5.58. The number of ether oxygens (including phenoxy) is 1. The Kier molecular flexibility index (Phi) is 2.23. The molecule has 90 valence electrons. The number of nitrogens with one attached hydrogen (secondary N) is 1. The summed E-state index contributed by atoms with van der Waals surface area (Å²) in [5.74, 6) is 1.51. The molecule has 3 rings (SSSR count). The van der Waals surface area contributed by atoms with Crippen molar-refractivity contribution in [2.75, 3.05) is 13.2 Å². The lowest BCUT2D eigenvalue weighted by molar-refractivity contribution is 0.169. The number of nitrogens with two attached hydrogens (primary N) is 1. The van der Waals surface area contributed by atoms with Gasteiger partial charge in [0.15, 0.2) is 5.82 Å². The van der Waals surface area contributed by atoms with Crippen LogP contribution in [0.5, 0.6) is 0 Å². The molecule has 2 unspecified atom stereocenters. The number of aromatic amines is 1. The molecule has 3 N–H and O–H groups in total. The van der Waals surface area contributed by atoms with E-state index < -0.39 is 5.41 Å². The monoisotopic (exact) mass is 235 g/mol. The lowest BCUT2D eigenvalue weighted by Crippen LogP contribution is -2.42. The van der Waals surface area contributed by atoms with Gasteiger partial charge in [-0.25, -0.2) is 4.98 Å². The van der Waals surface area contributed by atoms with E-state index in [2.05, 4.69) is 20.1 Å². The zero-order valence-electron chi connectivity index (χ0n) is 9.38. The third-order valence-corrected chi connectivity index (χ3v) is 3.14. The average molecular weight is 235 g/mol. The van der Waals surface area contributed by atoms with Gasteiger partial charge in [-0.15, -0.1) is 0 Å². The van der Waals surface area contributed by atoms with Crippen LogP contribution in [0.4, 0.5) is 0 Å². The molecular formula is C10H13N5O2. The largest absolute Gasteiger partial charge is 0.379 e. The molecule has 2 atom stereocenters. The maximum absolute atomic E-state index is 6.00. The van der Waals surface area contributed by atoms with Gasteiger partial charge in [0.2, 0.25) is 11.7 Å². The lowest BCUT2D eigenvalue weighted by Gasteiger charge is -2.21. The van der Waals surface area contributed by atoms with Crippen LogP contribution in [0, 0.1) is 0 Å². The van der Waals surface area contributed by atoms with E-state index in [4.69, 9.17) is 15.0 Å². The molecule has 0 radical (unpaired) electrons. The van der Waals surface area contributed by atoms with Crippen LogP contribution < -0.4 is 5.73 Å².